The summed E-state index contributed by atoms with van der Waals surface area (Å²) in [4.78, 5) is 15.6. The SMILES string of the molecule is COc1cccc(NC(=O)c2cnccc2C(F)(F)F)c1. The fourth-order valence-electron chi connectivity index (χ4n) is 1.72. The summed E-state index contributed by atoms with van der Waals surface area (Å²) in [7, 11) is 1.45. The Bertz CT molecular complexity index is 657. The number of hydrogen-bond donors (Lipinski definition) is 1. The number of nitrogens with zero attached hydrogens (tertiary/aromatic N) is 1. The number of hydrogen-bond acceptors (Lipinski definition) is 3. The first-order chi connectivity index (χ1) is 9.91. The molecular formula is C14H11F3N2O2. The summed E-state index contributed by atoms with van der Waals surface area (Å²) in [5, 5.41) is 2.39. The van der Waals surface area contributed by atoms with Crippen LogP contribution >= 0.6 is 0 Å². The molecule has 0 atom stereocenters. The van der Waals surface area contributed by atoms with Crippen molar-refractivity contribution in [3.05, 3.63) is 53.9 Å². The van der Waals surface area contributed by atoms with Crippen LogP contribution in [0.2, 0.25) is 0 Å². The van der Waals surface area contributed by atoms with E-state index in [2.05, 4.69) is 10.3 Å². The van der Waals surface area contributed by atoms with Crippen LogP contribution in [0.15, 0.2) is 42.7 Å². The number of carbonyl (C=O) groups is 1. The van der Waals surface area contributed by atoms with Gasteiger partial charge in [0.1, 0.15) is 5.75 Å². The number of anilines is 1. The van der Waals surface area contributed by atoms with Crippen LogP contribution in [0.5, 0.6) is 5.75 Å². The van der Waals surface area contributed by atoms with E-state index in [-0.39, 0.29) is 0 Å². The monoisotopic (exact) mass is 296 g/mol. The molecule has 0 radical (unpaired) electrons. The molecule has 0 spiro atoms. The molecule has 0 saturated carbocycles. The largest absolute Gasteiger partial charge is 0.497 e. The van der Waals surface area contributed by atoms with E-state index in [0.29, 0.717) is 11.4 Å². The number of carbonyl (C=O) groups excluding carboxylic acids is 1. The number of pyridine rings is 1. The second-order valence-corrected chi connectivity index (χ2v) is 4.11. The Balaban J connectivity index is 2.29. The lowest BCUT2D eigenvalue weighted by atomic mass is 10.1. The maximum absolute atomic E-state index is 12.8. The fraction of sp³-hybridized carbons (Fsp3) is 0.143. The lowest BCUT2D eigenvalue weighted by Gasteiger charge is -2.12. The molecule has 0 saturated heterocycles. The van der Waals surface area contributed by atoms with E-state index in [9.17, 15) is 18.0 Å². The molecule has 0 aliphatic heterocycles. The molecule has 0 fully saturated rings. The van der Waals surface area contributed by atoms with Crippen LogP contribution in [0.1, 0.15) is 15.9 Å². The highest BCUT2D eigenvalue weighted by atomic mass is 19.4. The lowest BCUT2D eigenvalue weighted by Crippen LogP contribution is -2.19. The van der Waals surface area contributed by atoms with E-state index in [0.717, 1.165) is 18.5 Å². The molecule has 110 valence electrons. The van der Waals surface area contributed by atoms with Gasteiger partial charge in [-0.3, -0.25) is 9.78 Å². The summed E-state index contributed by atoms with van der Waals surface area (Å²) in [5.41, 5.74) is -1.23. The topological polar surface area (TPSA) is 51.2 Å². The Morgan fingerprint density at radius 1 is 1.29 bits per heavy atom. The van der Waals surface area contributed by atoms with Crippen molar-refractivity contribution in [2.75, 3.05) is 12.4 Å². The quantitative estimate of drug-likeness (QED) is 0.945. The number of rotatable bonds is 3. The Morgan fingerprint density at radius 3 is 2.71 bits per heavy atom. The van der Waals surface area contributed by atoms with E-state index >= 15 is 0 Å². The lowest BCUT2D eigenvalue weighted by molar-refractivity contribution is -0.137. The Morgan fingerprint density at radius 2 is 2.05 bits per heavy atom. The van der Waals surface area contributed by atoms with Crippen molar-refractivity contribution in [3.8, 4) is 5.75 Å². The molecular weight excluding hydrogens is 285 g/mol. The highest BCUT2D eigenvalue weighted by Crippen LogP contribution is 2.31. The summed E-state index contributed by atoms with van der Waals surface area (Å²) >= 11 is 0. The van der Waals surface area contributed by atoms with Crippen molar-refractivity contribution in [1.82, 2.24) is 4.98 Å². The third-order valence-electron chi connectivity index (χ3n) is 2.70. The number of methoxy groups -OCH3 is 1. The maximum atomic E-state index is 12.8. The van der Waals surface area contributed by atoms with Crippen LogP contribution in [0.4, 0.5) is 18.9 Å². The summed E-state index contributed by atoms with van der Waals surface area (Å²) in [6.07, 6.45) is -2.74. The number of aromatic nitrogens is 1. The van der Waals surface area contributed by atoms with Gasteiger partial charge in [0.15, 0.2) is 0 Å². The number of amides is 1. The van der Waals surface area contributed by atoms with Crippen molar-refractivity contribution in [2.45, 2.75) is 6.18 Å². The zero-order chi connectivity index (χ0) is 15.5. The predicted molar refractivity (Wildman–Crippen MR) is 70.2 cm³/mol. The number of nitrogens with one attached hydrogen (secondary N) is 1. The average molecular weight is 296 g/mol. The van der Waals surface area contributed by atoms with Crippen LogP contribution in [-0.4, -0.2) is 18.0 Å². The first kappa shape index (κ1) is 14.8. The molecule has 1 amide bonds. The van der Waals surface area contributed by atoms with Gasteiger partial charge < -0.3 is 10.1 Å². The molecule has 7 heteroatoms. The summed E-state index contributed by atoms with van der Waals surface area (Å²) < 4.78 is 43.5. The third-order valence-corrected chi connectivity index (χ3v) is 2.70. The molecule has 1 heterocycles. The summed E-state index contributed by atoms with van der Waals surface area (Å²) in [5.74, 6) is -0.404. The van der Waals surface area contributed by atoms with Crippen LogP contribution < -0.4 is 10.1 Å². The molecule has 21 heavy (non-hydrogen) atoms. The summed E-state index contributed by atoms with van der Waals surface area (Å²) in [6.45, 7) is 0. The van der Waals surface area contributed by atoms with E-state index in [1.807, 2.05) is 0 Å². The highest BCUT2D eigenvalue weighted by molar-refractivity contribution is 6.05. The van der Waals surface area contributed by atoms with E-state index in [1.165, 1.54) is 13.2 Å². The van der Waals surface area contributed by atoms with Crippen LogP contribution in [0.25, 0.3) is 0 Å². The van der Waals surface area contributed by atoms with Gasteiger partial charge in [0, 0.05) is 24.1 Å². The molecule has 2 rings (SSSR count). The number of halogens is 3. The number of alkyl halides is 3. The Kier molecular flexibility index (Phi) is 4.11. The van der Waals surface area contributed by atoms with Gasteiger partial charge in [-0.05, 0) is 18.2 Å². The molecule has 0 aliphatic carbocycles. The number of ether oxygens (including phenoxy) is 1. The normalized spacial score (nSPS) is 11.0. The minimum absolute atomic E-state index is 0.330. The average Bonchev–Trinajstić information content (AvgIpc) is 2.46. The predicted octanol–water partition coefficient (Wildman–Crippen LogP) is 3.36. The number of benzene rings is 1. The Labute approximate surface area is 118 Å². The minimum Gasteiger partial charge on any atom is -0.497 e. The highest BCUT2D eigenvalue weighted by Gasteiger charge is 2.35. The zero-order valence-electron chi connectivity index (χ0n) is 10.9. The van der Waals surface area contributed by atoms with Crippen molar-refractivity contribution in [3.63, 3.8) is 0 Å². The second-order valence-electron chi connectivity index (χ2n) is 4.11. The van der Waals surface area contributed by atoms with Gasteiger partial charge in [0.25, 0.3) is 5.91 Å². The molecule has 0 unspecified atom stereocenters. The van der Waals surface area contributed by atoms with E-state index < -0.39 is 23.2 Å². The molecule has 1 aromatic carbocycles. The molecule has 0 aliphatic rings. The van der Waals surface area contributed by atoms with E-state index in [1.54, 1.807) is 18.2 Å². The second kappa shape index (κ2) is 5.82. The van der Waals surface area contributed by atoms with Gasteiger partial charge in [-0.2, -0.15) is 13.2 Å². The maximum Gasteiger partial charge on any atom is 0.417 e. The third kappa shape index (κ3) is 3.50. The molecule has 4 nitrogen and oxygen atoms in total. The van der Waals surface area contributed by atoms with Gasteiger partial charge in [-0.1, -0.05) is 6.07 Å². The first-order valence-corrected chi connectivity index (χ1v) is 5.88. The first-order valence-electron chi connectivity index (χ1n) is 5.88. The van der Waals surface area contributed by atoms with Gasteiger partial charge >= 0.3 is 6.18 Å². The van der Waals surface area contributed by atoms with Gasteiger partial charge in [-0.25, -0.2) is 0 Å². The van der Waals surface area contributed by atoms with Crippen LogP contribution in [-0.2, 0) is 6.18 Å². The van der Waals surface area contributed by atoms with Crippen molar-refractivity contribution < 1.29 is 22.7 Å². The zero-order valence-corrected chi connectivity index (χ0v) is 10.9. The smallest absolute Gasteiger partial charge is 0.417 e. The van der Waals surface area contributed by atoms with Crippen molar-refractivity contribution >= 4 is 11.6 Å². The molecule has 2 aromatic rings. The van der Waals surface area contributed by atoms with Crippen LogP contribution in [0, 0.1) is 0 Å². The minimum atomic E-state index is -4.62. The molecule has 1 N–H and O–H groups in total. The van der Waals surface area contributed by atoms with Gasteiger partial charge in [-0.15, -0.1) is 0 Å². The standard InChI is InChI=1S/C14H11F3N2O2/c1-21-10-4-2-3-9(7-10)19-13(20)11-8-18-6-5-12(11)14(15,16)17/h2-8H,1H3,(H,19,20). The van der Waals surface area contributed by atoms with Crippen LogP contribution in [0.3, 0.4) is 0 Å². The van der Waals surface area contributed by atoms with Gasteiger partial charge in [0.2, 0.25) is 0 Å². The van der Waals surface area contributed by atoms with E-state index in [4.69, 9.17) is 4.74 Å². The fourth-order valence-corrected chi connectivity index (χ4v) is 1.72. The molecule has 1 aromatic heterocycles. The van der Waals surface area contributed by atoms with Crippen molar-refractivity contribution in [1.29, 1.82) is 0 Å². The van der Waals surface area contributed by atoms with Crippen molar-refractivity contribution in [2.24, 2.45) is 0 Å². The summed E-state index contributed by atoms with van der Waals surface area (Å²) in [6, 6.07) is 7.08. The van der Waals surface area contributed by atoms with Gasteiger partial charge in [0.05, 0.1) is 18.2 Å². The molecule has 0 bridgehead atoms. The Hall–Kier alpha value is -2.57.